The molecule has 0 aliphatic carbocycles. The van der Waals surface area contributed by atoms with Gasteiger partial charge in [0.25, 0.3) is 0 Å². The highest BCUT2D eigenvalue weighted by atomic mass is 79.9. The first kappa shape index (κ1) is 15.2. The summed E-state index contributed by atoms with van der Waals surface area (Å²) in [6.07, 6.45) is 2.55. The molecule has 106 valence electrons. The van der Waals surface area contributed by atoms with Crippen molar-refractivity contribution in [3.05, 3.63) is 69.4 Å². The molecule has 0 bridgehead atoms. The molecular weight excluding hydrogens is 317 g/mol. The summed E-state index contributed by atoms with van der Waals surface area (Å²) in [5.74, 6) is -0.222. The van der Waals surface area contributed by atoms with Gasteiger partial charge < -0.3 is 5.73 Å². The van der Waals surface area contributed by atoms with Crippen LogP contribution >= 0.6 is 15.9 Å². The van der Waals surface area contributed by atoms with Crippen molar-refractivity contribution in [2.75, 3.05) is 0 Å². The maximum absolute atomic E-state index is 13.3. The summed E-state index contributed by atoms with van der Waals surface area (Å²) in [6, 6.07) is 13.5. The smallest absolute Gasteiger partial charge is 0.124 e. The predicted molar refractivity (Wildman–Crippen MR) is 85.3 cm³/mol. The third kappa shape index (κ3) is 4.73. The summed E-state index contributed by atoms with van der Waals surface area (Å²) in [5, 5.41) is 0. The van der Waals surface area contributed by atoms with Crippen LogP contribution in [0.1, 0.15) is 23.1 Å². The molecule has 1 unspecified atom stereocenters. The van der Waals surface area contributed by atoms with Crippen LogP contribution in [0.25, 0.3) is 0 Å². The van der Waals surface area contributed by atoms with Crippen LogP contribution in [0.4, 0.5) is 4.39 Å². The van der Waals surface area contributed by atoms with Gasteiger partial charge in [-0.15, -0.1) is 0 Å². The summed E-state index contributed by atoms with van der Waals surface area (Å²) in [6.45, 7) is 2.08. The molecule has 0 radical (unpaired) electrons. The monoisotopic (exact) mass is 335 g/mol. The van der Waals surface area contributed by atoms with E-state index >= 15 is 0 Å². The maximum Gasteiger partial charge on any atom is 0.124 e. The molecule has 3 heteroatoms. The largest absolute Gasteiger partial charge is 0.327 e. The fourth-order valence-corrected chi connectivity index (χ4v) is 2.75. The SMILES string of the molecule is Cc1ccc(CCC(N)Cc2cc(F)cc(Br)c2)cc1. The topological polar surface area (TPSA) is 26.0 Å². The van der Waals surface area contributed by atoms with Gasteiger partial charge in [-0.3, -0.25) is 0 Å². The summed E-state index contributed by atoms with van der Waals surface area (Å²) in [4.78, 5) is 0. The summed E-state index contributed by atoms with van der Waals surface area (Å²) < 4.78 is 14.1. The Bertz CT molecular complexity index is 545. The third-order valence-corrected chi connectivity index (χ3v) is 3.80. The highest BCUT2D eigenvalue weighted by molar-refractivity contribution is 9.10. The molecule has 0 spiro atoms. The normalized spacial score (nSPS) is 12.4. The van der Waals surface area contributed by atoms with Crippen molar-refractivity contribution in [3.63, 3.8) is 0 Å². The van der Waals surface area contributed by atoms with E-state index in [1.54, 1.807) is 6.07 Å². The lowest BCUT2D eigenvalue weighted by Gasteiger charge is -2.12. The molecule has 0 aliphatic heterocycles. The van der Waals surface area contributed by atoms with Crippen LogP contribution in [-0.4, -0.2) is 6.04 Å². The lowest BCUT2D eigenvalue weighted by atomic mass is 9.99. The van der Waals surface area contributed by atoms with Crippen molar-refractivity contribution in [3.8, 4) is 0 Å². The molecule has 2 aromatic rings. The van der Waals surface area contributed by atoms with Gasteiger partial charge in [-0.25, -0.2) is 4.39 Å². The van der Waals surface area contributed by atoms with E-state index in [2.05, 4.69) is 47.1 Å². The highest BCUT2D eigenvalue weighted by Crippen LogP contribution is 2.17. The van der Waals surface area contributed by atoms with Crippen LogP contribution in [0.3, 0.4) is 0 Å². The zero-order valence-corrected chi connectivity index (χ0v) is 13.2. The second-order valence-corrected chi connectivity index (χ2v) is 6.18. The Morgan fingerprint density at radius 1 is 1.10 bits per heavy atom. The van der Waals surface area contributed by atoms with Crippen LogP contribution in [0.15, 0.2) is 46.9 Å². The molecule has 0 amide bonds. The molecule has 0 heterocycles. The highest BCUT2D eigenvalue weighted by Gasteiger charge is 2.07. The van der Waals surface area contributed by atoms with Crippen molar-refractivity contribution >= 4 is 15.9 Å². The molecule has 0 saturated heterocycles. The molecule has 0 aliphatic rings. The van der Waals surface area contributed by atoms with E-state index in [1.807, 2.05) is 6.07 Å². The fraction of sp³-hybridized carbons (Fsp3) is 0.294. The van der Waals surface area contributed by atoms with Crippen molar-refractivity contribution < 1.29 is 4.39 Å². The quantitative estimate of drug-likeness (QED) is 0.860. The van der Waals surface area contributed by atoms with Gasteiger partial charge in [-0.1, -0.05) is 45.8 Å². The first-order chi connectivity index (χ1) is 9.52. The van der Waals surface area contributed by atoms with Crippen LogP contribution in [0, 0.1) is 12.7 Å². The molecule has 0 aromatic heterocycles. The number of aryl methyl sites for hydroxylation is 2. The van der Waals surface area contributed by atoms with Gasteiger partial charge in [0.05, 0.1) is 0 Å². The van der Waals surface area contributed by atoms with Crippen LogP contribution in [-0.2, 0) is 12.8 Å². The minimum atomic E-state index is -0.222. The molecule has 0 fully saturated rings. The lowest BCUT2D eigenvalue weighted by Crippen LogP contribution is -2.23. The average Bonchev–Trinajstić information content (AvgIpc) is 2.37. The standard InChI is InChI=1S/C17H19BrFN/c1-12-2-4-13(5-3-12)6-7-17(20)10-14-8-15(18)11-16(19)9-14/h2-5,8-9,11,17H,6-7,10,20H2,1H3. The molecule has 2 aromatic carbocycles. The Morgan fingerprint density at radius 2 is 1.80 bits per heavy atom. The third-order valence-electron chi connectivity index (χ3n) is 3.34. The van der Waals surface area contributed by atoms with Crippen LogP contribution < -0.4 is 5.73 Å². The van der Waals surface area contributed by atoms with E-state index in [1.165, 1.54) is 17.2 Å². The van der Waals surface area contributed by atoms with Gasteiger partial charge in [0, 0.05) is 10.5 Å². The van der Waals surface area contributed by atoms with Gasteiger partial charge in [0.2, 0.25) is 0 Å². The molecule has 20 heavy (non-hydrogen) atoms. The van der Waals surface area contributed by atoms with Crippen molar-refractivity contribution in [1.82, 2.24) is 0 Å². The van der Waals surface area contributed by atoms with E-state index in [-0.39, 0.29) is 11.9 Å². The second-order valence-electron chi connectivity index (χ2n) is 5.27. The minimum Gasteiger partial charge on any atom is -0.327 e. The summed E-state index contributed by atoms with van der Waals surface area (Å²) in [7, 11) is 0. The van der Waals surface area contributed by atoms with Crippen molar-refractivity contribution in [2.24, 2.45) is 5.73 Å². The zero-order valence-electron chi connectivity index (χ0n) is 11.6. The number of hydrogen-bond acceptors (Lipinski definition) is 1. The number of hydrogen-bond donors (Lipinski definition) is 1. The Hall–Kier alpha value is -1.19. The Kier molecular flexibility index (Phi) is 5.32. The van der Waals surface area contributed by atoms with E-state index < -0.39 is 0 Å². The van der Waals surface area contributed by atoms with Gasteiger partial charge >= 0.3 is 0 Å². The fourth-order valence-electron chi connectivity index (χ4n) is 2.24. The first-order valence-electron chi connectivity index (χ1n) is 6.79. The molecule has 1 nitrogen and oxygen atoms in total. The molecule has 2 N–H and O–H groups in total. The maximum atomic E-state index is 13.3. The summed E-state index contributed by atoms with van der Waals surface area (Å²) >= 11 is 3.30. The Balaban J connectivity index is 1.88. The number of rotatable bonds is 5. The number of benzene rings is 2. The Morgan fingerprint density at radius 3 is 2.45 bits per heavy atom. The van der Waals surface area contributed by atoms with Gasteiger partial charge in [-0.2, -0.15) is 0 Å². The first-order valence-corrected chi connectivity index (χ1v) is 7.58. The van der Waals surface area contributed by atoms with Crippen LogP contribution in [0.5, 0.6) is 0 Å². The number of nitrogens with two attached hydrogens (primary N) is 1. The van der Waals surface area contributed by atoms with E-state index in [4.69, 9.17) is 5.73 Å². The molecule has 1 atom stereocenters. The average molecular weight is 336 g/mol. The van der Waals surface area contributed by atoms with Gasteiger partial charge in [-0.05, 0) is 55.5 Å². The van der Waals surface area contributed by atoms with Crippen molar-refractivity contribution in [1.29, 1.82) is 0 Å². The Labute approximate surface area is 128 Å². The number of halogens is 2. The second kappa shape index (κ2) is 7.00. The summed E-state index contributed by atoms with van der Waals surface area (Å²) in [5.41, 5.74) is 9.65. The van der Waals surface area contributed by atoms with Gasteiger partial charge in [0.15, 0.2) is 0 Å². The van der Waals surface area contributed by atoms with Crippen molar-refractivity contribution in [2.45, 2.75) is 32.2 Å². The van der Waals surface area contributed by atoms with E-state index in [9.17, 15) is 4.39 Å². The van der Waals surface area contributed by atoms with Crippen LogP contribution in [0.2, 0.25) is 0 Å². The van der Waals surface area contributed by atoms with E-state index in [0.29, 0.717) is 6.42 Å². The zero-order chi connectivity index (χ0) is 14.5. The minimum absolute atomic E-state index is 0.0463. The molecule has 0 saturated carbocycles. The van der Waals surface area contributed by atoms with E-state index in [0.717, 1.165) is 22.9 Å². The molecular formula is C17H19BrFN. The predicted octanol–water partition coefficient (Wildman–Crippen LogP) is 4.40. The lowest BCUT2D eigenvalue weighted by molar-refractivity contribution is 0.598. The molecule has 2 rings (SSSR count). The van der Waals surface area contributed by atoms with Gasteiger partial charge in [0.1, 0.15) is 5.82 Å².